The molecular formula is C25H23ClKN3O2. The van der Waals surface area contributed by atoms with Gasteiger partial charge >= 0.3 is 51.4 Å². The Bertz CT molecular complexity index is 1310. The number of hydrogen-bond donors (Lipinski definition) is 1. The summed E-state index contributed by atoms with van der Waals surface area (Å²) >= 11 is 6.51. The Kier molecular flexibility index (Phi) is 7.75. The van der Waals surface area contributed by atoms with Crippen molar-refractivity contribution in [1.82, 2.24) is 4.98 Å². The van der Waals surface area contributed by atoms with Crippen LogP contribution < -0.4 is 71.9 Å². The molecule has 1 N–H and O–H groups in total. The predicted octanol–water partition coefficient (Wildman–Crippen LogP) is 1.73. The molecule has 0 spiro atoms. The zero-order valence-electron chi connectivity index (χ0n) is 18.9. The van der Waals surface area contributed by atoms with Crippen LogP contribution in [0.25, 0.3) is 33.2 Å². The van der Waals surface area contributed by atoms with Crippen molar-refractivity contribution < 1.29 is 56.5 Å². The molecule has 158 valence electrons. The molecule has 4 aromatic rings. The van der Waals surface area contributed by atoms with Gasteiger partial charge in [-0.15, -0.1) is 0 Å². The molecule has 0 aliphatic carbocycles. The molecule has 0 bridgehead atoms. The second-order valence-corrected chi connectivity index (χ2v) is 8.33. The zero-order chi connectivity index (χ0) is 22.3. The van der Waals surface area contributed by atoms with Crippen molar-refractivity contribution >= 4 is 33.9 Å². The van der Waals surface area contributed by atoms with E-state index in [1.807, 2.05) is 74.4 Å². The molecule has 5 nitrogen and oxygen atoms in total. The van der Waals surface area contributed by atoms with Crippen molar-refractivity contribution in [3.05, 3.63) is 76.0 Å². The molecule has 7 heteroatoms. The Hall–Kier alpha value is -1.80. The molecule has 0 saturated heterocycles. The van der Waals surface area contributed by atoms with Gasteiger partial charge in [0.05, 0.1) is 5.02 Å². The van der Waals surface area contributed by atoms with Crippen molar-refractivity contribution in [2.75, 3.05) is 38.0 Å². The third-order valence-electron chi connectivity index (χ3n) is 5.42. The van der Waals surface area contributed by atoms with Crippen LogP contribution in [0.3, 0.4) is 0 Å². The molecule has 0 saturated carbocycles. The minimum absolute atomic E-state index is 0. The van der Waals surface area contributed by atoms with Gasteiger partial charge in [0.1, 0.15) is 0 Å². The average Bonchev–Trinajstić information content (AvgIpc) is 2.74. The SMILES string of the molecule is CN(C)c1ccc(-c2cc3c([O-])c(-c4ccc(N(C)C)cc4)c(=O)[nH]c3cc2Cl)cc1.[K+]. The molecule has 4 rings (SSSR count). The van der Waals surface area contributed by atoms with Crippen molar-refractivity contribution in [3.8, 4) is 28.0 Å². The summed E-state index contributed by atoms with van der Waals surface area (Å²) < 4.78 is 0. The predicted molar refractivity (Wildman–Crippen MR) is 129 cm³/mol. The number of nitrogens with zero attached hydrogens (tertiary/aromatic N) is 2. The average molecular weight is 472 g/mol. The number of fused-ring (bicyclic) bond motifs is 1. The smallest absolute Gasteiger partial charge is 0.871 e. The van der Waals surface area contributed by atoms with Gasteiger partial charge in [0.15, 0.2) is 0 Å². The minimum atomic E-state index is -0.422. The largest absolute Gasteiger partial charge is 1.00 e. The van der Waals surface area contributed by atoms with Crippen LogP contribution >= 0.6 is 11.6 Å². The van der Waals surface area contributed by atoms with Gasteiger partial charge < -0.3 is 19.9 Å². The Labute approximate surface area is 235 Å². The summed E-state index contributed by atoms with van der Waals surface area (Å²) in [7, 11) is 7.83. The Morgan fingerprint density at radius 1 is 0.812 bits per heavy atom. The summed E-state index contributed by atoms with van der Waals surface area (Å²) in [5.41, 5.74) is 4.44. The zero-order valence-corrected chi connectivity index (χ0v) is 22.7. The number of halogens is 1. The van der Waals surface area contributed by atoms with Crippen LogP contribution in [0.2, 0.25) is 5.02 Å². The number of hydrogen-bond acceptors (Lipinski definition) is 4. The Morgan fingerprint density at radius 3 is 1.81 bits per heavy atom. The molecule has 32 heavy (non-hydrogen) atoms. The first kappa shape index (κ1) is 24.8. The van der Waals surface area contributed by atoms with Gasteiger partial charge in [-0.1, -0.05) is 41.6 Å². The summed E-state index contributed by atoms with van der Waals surface area (Å²) in [5, 5.41) is 14.2. The van der Waals surface area contributed by atoms with E-state index >= 15 is 0 Å². The van der Waals surface area contributed by atoms with E-state index in [-0.39, 0.29) is 62.7 Å². The van der Waals surface area contributed by atoms with E-state index in [1.54, 1.807) is 24.3 Å². The molecule has 1 heterocycles. The first-order valence-corrected chi connectivity index (χ1v) is 10.3. The van der Waals surface area contributed by atoms with E-state index in [1.165, 1.54) is 0 Å². The van der Waals surface area contributed by atoms with Gasteiger partial charge in [-0.25, -0.2) is 0 Å². The number of benzene rings is 3. The van der Waals surface area contributed by atoms with Gasteiger partial charge in [-0.3, -0.25) is 4.79 Å². The fourth-order valence-corrected chi connectivity index (χ4v) is 3.91. The third kappa shape index (κ3) is 4.76. The number of aromatic amines is 1. The van der Waals surface area contributed by atoms with Crippen LogP contribution in [0.4, 0.5) is 11.4 Å². The topological polar surface area (TPSA) is 62.4 Å². The van der Waals surface area contributed by atoms with E-state index in [4.69, 9.17) is 11.6 Å². The second-order valence-electron chi connectivity index (χ2n) is 7.92. The molecule has 1 aromatic heterocycles. The van der Waals surface area contributed by atoms with Crippen LogP contribution in [0, 0.1) is 0 Å². The summed E-state index contributed by atoms with van der Waals surface area (Å²) in [4.78, 5) is 19.5. The summed E-state index contributed by atoms with van der Waals surface area (Å²) in [6, 6.07) is 18.7. The van der Waals surface area contributed by atoms with Crippen LogP contribution in [-0.4, -0.2) is 33.2 Å². The molecule has 0 unspecified atom stereocenters. The maximum atomic E-state index is 13.3. The fourth-order valence-electron chi connectivity index (χ4n) is 3.64. The molecule has 0 aliphatic heterocycles. The molecule has 0 fully saturated rings. The molecule has 0 amide bonds. The summed E-state index contributed by atoms with van der Waals surface area (Å²) in [5.74, 6) is -0.306. The van der Waals surface area contributed by atoms with Crippen LogP contribution in [0.5, 0.6) is 5.75 Å². The fraction of sp³-hybridized carbons (Fsp3) is 0.160. The molecular weight excluding hydrogens is 449 g/mol. The standard InChI is InChI=1S/C25H24ClN3O2.K/c1-28(2)17-9-5-15(6-10-17)19-13-20-22(14-21(19)26)27-25(31)23(24(20)30)16-7-11-18(12-8-16)29(3)4;/h5-14H,1-4H3,(H2,27,30,31);/q;+1/p-1. The molecule has 0 radical (unpaired) electrons. The summed E-state index contributed by atoms with van der Waals surface area (Å²) in [6.07, 6.45) is 0. The number of aromatic nitrogens is 1. The van der Waals surface area contributed by atoms with E-state index in [0.717, 1.165) is 22.5 Å². The normalized spacial score (nSPS) is 10.7. The van der Waals surface area contributed by atoms with Crippen LogP contribution in [-0.2, 0) is 0 Å². The first-order chi connectivity index (χ1) is 14.8. The monoisotopic (exact) mass is 471 g/mol. The molecule has 3 aromatic carbocycles. The van der Waals surface area contributed by atoms with Crippen molar-refractivity contribution in [1.29, 1.82) is 0 Å². The minimum Gasteiger partial charge on any atom is -0.871 e. The summed E-state index contributed by atoms with van der Waals surface area (Å²) in [6.45, 7) is 0. The van der Waals surface area contributed by atoms with Crippen LogP contribution in [0.15, 0.2) is 65.5 Å². The third-order valence-corrected chi connectivity index (χ3v) is 5.73. The number of pyridine rings is 1. The Balaban J connectivity index is 0.00000289. The first-order valence-electron chi connectivity index (χ1n) is 9.88. The van der Waals surface area contributed by atoms with Crippen molar-refractivity contribution in [2.24, 2.45) is 0 Å². The van der Waals surface area contributed by atoms with E-state index < -0.39 is 5.56 Å². The quantitative estimate of drug-likeness (QED) is 0.460. The van der Waals surface area contributed by atoms with Gasteiger partial charge in [0.25, 0.3) is 5.56 Å². The van der Waals surface area contributed by atoms with Gasteiger partial charge in [-0.2, -0.15) is 0 Å². The molecule has 0 aliphatic rings. The number of nitrogens with one attached hydrogen (secondary N) is 1. The molecule has 0 atom stereocenters. The van der Waals surface area contributed by atoms with E-state index in [2.05, 4.69) is 4.98 Å². The van der Waals surface area contributed by atoms with Crippen LogP contribution in [0.1, 0.15) is 0 Å². The number of H-pyrrole nitrogens is 1. The van der Waals surface area contributed by atoms with Crippen molar-refractivity contribution in [3.63, 3.8) is 0 Å². The van der Waals surface area contributed by atoms with Crippen molar-refractivity contribution in [2.45, 2.75) is 0 Å². The number of anilines is 2. The van der Waals surface area contributed by atoms with E-state index in [0.29, 0.717) is 21.5 Å². The maximum Gasteiger partial charge on any atom is 1.00 e. The second kappa shape index (κ2) is 9.99. The maximum absolute atomic E-state index is 13.3. The van der Waals surface area contributed by atoms with Gasteiger partial charge in [0.2, 0.25) is 0 Å². The van der Waals surface area contributed by atoms with Gasteiger partial charge in [-0.05, 0) is 52.9 Å². The van der Waals surface area contributed by atoms with E-state index in [9.17, 15) is 9.90 Å². The number of rotatable bonds is 4. The van der Waals surface area contributed by atoms with Gasteiger partial charge in [0, 0.05) is 56.2 Å². The Morgan fingerprint density at radius 2 is 1.31 bits per heavy atom.